The number of nitrogens with zero attached hydrogens (tertiary/aromatic N) is 3. The molecule has 0 aliphatic rings. The highest BCUT2D eigenvalue weighted by Gasteiger charge is 2.03. The largest absolute Gasteiger partial charge is 0.494 e. The minimum Gasteiger partial charge on any atom is -0.494 e. The lowest BCUT2D eigenvalue weighted by atomic mass is 10.3. The Kier molecular flexibility index (Phi) is 1.96. The van der Waals surface area contributed by atoms with Gasteiger partial charge >= 0.3 is 0 Å². The van der Waals surface area contributed by atoms with Gasteiger partial charge in [0, 0.05) is 0 Å². The van der Waals surface area contributed by atoms with E-state index in [1.165, 1.54) is 4.80 Å². The number of rotatable bonds is 2. The molecule has 0 unspecified atom stereocenters. The van der Waals surface area contributed by atoms with Crippen molar-refractivity contribution >= 4 is 0 Å². The molecule has 1 heterocycles. The number of benzene rings is 1. The first-order valence-electron chi connectivity index (χ1n) is 3.91. The van der Waals surface area contributed by atoms with Gasteiger partial charge in [0.1, 0.15) is 11.4 Å². The van der Waals surface area contributed by atoms with Crippen molar-refractivity contribution in [2.45, 2.75) is 0 Å². The highest BCUT2D eigenvalue weighted by atomic mass is 16.5. The second-order valence-corrected chi connectivity index (χ2v) is 2.49. The lowest BCUT2D eigenvalue weighted by Crippen LogP contribution is -2.00. The van der Waals surface area contributed by atoms with Crippen molar-refractivity contribution in [3.8, 4) is 11.4 Å². The van der Waals surface area contributed by atoms with Gasteiger partial charge in [-0.15, -0.1) is 4.80 Å². The Morgan fingerprint density at radius 2 is 1.85 bits per heavy atom. The zero-order valence-corrected chi connectivity index (χ0v) is 7.21. The zero-order valence-electron chi connectivity index (χ0n) is 7.21. The van der Waals surface area contributed by atoms with Gasteiger partial charge < -0.3 is 4.74 Å². The molecular weight excluding hydrogens is 166 g/mol. The normalized spacial score (nSPS) is 9.92. The van der Waals surface area contributed by atoms with Crippen LogP contribution in [-0.4, -0.2) is 22.1 Å². The van der Waals surface area contributed by atoms with Gasteiger partial charge in [0.25, 0.3) is 0 Å². The topological polar surface area (TPSA) is 39.9 Å². The number of hydrogen-bond acceptors (Lipinski definition) is 3. The van der Waals surface area contributed by atoms with E-state index in [9.17, 15) is 0 Å². The van der Waals surface area contributed by atoms with Crippen molar-refractivity contribution in [2.24, 2.45) is 0 Å². The van der Waals surface area contributed by atoms with Gasteiger partial charge in [-0.1, -0.05) is 12.1 Å². The molecule has 0 saturated carbocycles. The first-order chi connectivity index (χ1) is 6.42. The smallest absolute Gasteiger partial charge is 0.146 e. The minimum atomic E-state index is 0.763. The van der Waals surface area contributed by atoms with Crippen LogP contribution in [0.3, 0.4) is 0 Å². The molecule has 0 N–H and O–H groups in total. The summed E-state index contributed by atoms with van der Waals surface area (Å²) >= 11 is 0. The van der Waals surface area contributed by atoms with Gasteiger partial charge in [0.05, 0.1) is 19.5 Å². The lowest BCUT2D eigenvalue weighted by molar-refractivity contribution is 0.410. The van der Waals surface area contributed by atoms with Crippen molar-refractivity contribution in [1.29, 1.82) is 0 Å². The van der Waals surface area contributed by atoms with Gasteiger partial charge in [-0.2, -0.15) is 10.2 Å². The fourth-order valence-corrected chi connectivity index (χ4v) is 1.14. The lowest BCUT2D eigenvalue weighted by Gasteiger charge is -2.05. The summed E-state index contributed by atoms with van der Waals surface area (Å²) in [5, 5.41) is 8.04. The van der Waals surface area contributed by atoms with Gasteiger partial charge in [0.15, 0.2) is 0 Å². The van der Waals surface area contributed by atoms with Gasteiger partial charge in [0.2, 0.25) is 0 Å². The molecule has 0 aliphatic carbocycles. The maximum atomic E-state index is 5.17. The molecule has 13 heavy (non-hydrogen) atoms. The van der Waals surface area contributed by atoms with E-state index in [1.807, 2.05) is 24.3 Å². The van der Waals surface area contributed by atoms with Crippen molar-refractivity contribution in [2.75, 3.05) is 7.11 Å². The van der Waals surface area contributed by atoms with Crippen LogP contribution in [0.2, 0.25) is 0 Å². The van der Waals surface area contributed by atoms with Crippen molar-refractivity contribution in [3.63, 3.8) is 0 Å². The Labute approximate surface area is 75.8 Å². The number of methoxy groups -OCH3 is 1. The Morgan fingerprint density at radius 1 is 1.15 bits per heavy atom. The Bertz CT molecular complexity index is 384. The second-order valence-electron chi connectivity index (χ2n) is 2.49. The van der Waals surface area contributed by atoms with Gasteiger partial charge in [-0.25, -0.2) is 0 Å². The van der Waals surface area contributed by atoms with Crippen LogP contribution in [0.4, 0.5) is 0 Å². The van der Waals surface area contributed by atoms with E-state index in [1.54, 1.807) is 19.5 Å². The van der Waals surface area contributed by atoms with Crippen molar-refractivity contribution in [3.05, 3.63) is 36.7 Å². The van der Waals surface area contributed by atoms with Crippen molar-refractivity contribution in [1.82, 2.24) is 15.0 Å². The number of aromatic nitrogens is 3. The Morgan fingerprint density at radius 3 is 2.54 bits per heavy atom. The first kappa shape index (κ1) is 7.79. The average molecular weight is 175 g/mol. The summed E-state index contributed by atoms with van der Waals surface area (Å²) in [4.78, 5) is 1.53. The van der Waals surface area contributed by atoms with Crippen LogP contribution in [0.15, 0.2) is 36.7 Å². The van der Waals surface area contributed by atoms with E-state index >= 15 is 0 Å². The maximum Gasteiger partial charge on any atom is 0.146 e. The van der Waals surface area contributed by atoms with E-state index < -0.39 is 0 Å². The summed E-state index contributed by atoms with van der Waals surface area (Å²) in [6.07, 6.45) is 3.26. The monoisotopic (exact) mass is 175 g/mol. The van der Waals surface area contributed by atoms with E-state index in [0.29, 0.717) is 0 Å². The quantitative estimate of drug-likeness (QED) is 0.690. The fourth-order valence-electron chi connectivity index (χ4n) is 1.14. The predicted octanol–water partition coefficient (Wildman–Crippen LogP) is 1.28. The molecule has 0 saturated heterocycles. The fraction of sp³-hybridized carbons (Fsp3) is 0.111. The summed E-state index contributed by atoms with van der Waals surface area (Å²) in [5.74, 6) is 0.763. The molecule has 4 heteroatoms. The second kappa shape index (κ2) is 3.26. The molecule has 0 amide bonds. The third-order valence-electron chi connectivity index (χ3n) is 1.72. The summed E-state index contributed by atoms with van der Waals surface area (Å²) in [5.41, 5.74) is 0.843. The third kappa shape index (κ3) is 1.38. The Balaban J connectivity index is 2.51. The number of hydrogen-bond donors (Lipinski definition) is 0. The molecule has 0 fully saturated rings. The van der Waals surface area contributed by atoms with Crippen LogP contribution in [0.25, 0.3) is 5.69 Å². The van der Waals surface area contributed by atoms with Gasteiger partial charge in [-0.3, -0.25) is 0 Å². The van der Waals surface area contributed by atoms with E-state index in [0.717, 1.165) is 11.4 Å². The maximum absolute atomic E-state index is 5.17. The molecule has 2 aromatic rings. The molecule has 0 radical (unpaired) electrons. The summed E-state index contributed by atoms with van der Waals surface area (Å²) in [6.45, 7) is 0. The molecular formula is C9H9N3O. The van der Waals surface area contributed by atoms with Gasteiger partial charge in [-0.05, 0) is 12.1 Å². The van der Waals surface area contributed by atoms with E-state index in [-0.39, 0.29) is 0 Å². The average Bonchev–Trinajstić information content (AvgIpc) is 2.70. The van der Waals surface area contributed by atoms with Crippen LogP contribution >= 0.6 is 0 Å². The number of ether oxygens (including phenoxy) is 1. The van der Waals surface area contributed by atoms with E-state index in [2.05, 4.69) is 10.2 Å². The SMILES string of the molecule is COc1ccccc1-n1nccn1. The molecule has 0 atom stereocenters. The molecule has 0 aliphatic heterocycles. The van der Waals surface area contributed by atoms with Crippen LogP contribution in [0.1, 0.15) is 0 Å². The number of para-hydroxylation sites is 2. The minimum absolute atomic E-state index is 0.763. The summed E-state index contributed by atoms with van der Waals surface area (Å²) in [7, 11) is 1.63. The molecule has 0 bridgehead atoms. The first-order valence-corrected chi connectivity index (χ1v) is 3.91. The highest BCUT2D eigenvalue weighted by molar-refractivity contribution is 5.44. The standard InChI is InChI=1S/C9H9N3O/c1-13-9-5-3-2-4-8(9)12-10-6-7-11-12/h2-7H,1H3. The molecule has 1 aromatic heterocycles. The van der Waals surface area contributed by atoms with Crippen LogP contribution in [0, 0.1) is 0 Å². The third-order valence-corrected chi connectivity index (χ3v) is 1.72. The van der Waals surface area contributed by atoms with Crippen molar-refractivity contribution < 1.29 is 4.74 Å². The molecule has 2 rings (SSSR count). The van der Waals surface area contributed by atoms with E-state index in [4.69, 9.17) is 4.74 Å². The Hall–Kier alpha value is -1.84. The zero-order chi connectivity index (χ0) is 9.10. The highest BCUT2D eigenvalue weighted by Crippen LogP contribution is 2.19. The molecule has 0 spiro atoms. The molecule has 1 aromatic carbocycles. The van der Waals surface area contributed by atoms with Crippen LogP contribution < -0.4 is 4.74 Å². The van der Waals surface area contributed by atoms with Crippen LogP contribution in [0.5, 0.6) is 5.75 Å². The summed E-state index contributed by atoms with van der Waals surface area (Å²) < 4.78 is 5.17. The van der Waals surface area contributed by atoms with Crippen LogP contribution in [-0.2, 0) is 0 Å². The summed E-state index contributed by atoms with van der Waals surface area (Å²) in [6, 6.07) is 7.60. The predicted molar refractivity (Wildman–Crippen MR) is 47.9 cm³/mol. The molecule has 4 nitrogen and oxygen atoms in total. The molecule has 66 valence electrons.